The van der Waals surface area contributed by atoms with Gasteiger partial charge in [-0.3, -0.25) is 4.79 Å². The van der Waals surface area contributed by atoms with Crippen molar-refractivity contribution in [2.45, 2.75) is 38.5 Å². The molecule has 1 aromatic rings. The highest BCUT2D eigenvalue weighted by Gasteiger charge is 2.23. The molecule has 6 heteroatoms. The van der Waals surface area contributed by atoms with E-state index in [9.17, 15) is 9.59 Å². The molecule has 3 heterocycles. The number of hydrogen-bond donors (Lipinski definition) is 1. The van der Waals surface area contributed by atoms with E-state index >= 15 is 0 Å². The lowest BCUT2D eigenvalue weighted by atomic mass is 9.95. The summed E-state index contributed by atoms with van der Waals surface area (Å²) in [5.41, 5.74) is 0.286. The van der Waals surface area contributed by atoms with Gasteiger partial charge >= 0.3 is 5.63 Å². The van der Waals surface area contributed by atoms with E-state index in [2.05, 4.69) is 10.2 Å². The molecule has 2 saturated heterocycles. The maximum Gasteiger partial charge on any atom is 0.349 e. The number of carbonyl (C=O) groups is 1. The van der Waals surface area contributed by atoms with E-state index in [1.807, 2.05) is 6.07 Å². The topological polar surface area (TPSA) is 71.8 Å². The fourth-order valence-electron chi connectivity index (χ4n) is 3.51. The van der Waals surface area contributed by atoms with Crippen LogP contribution in [0.5, 0.6) is 0 Å². The quantitative estimate of drug-likeness (QED) is 0.887. The van der Waals surface area contributed by atoms with E-state index in [1.165, 1.54) is 12.8 Å². The number of amides is 1. The molecule has 0 saturated carbocycles. The smallest absolute Gasteiger partial charge is 0.349 e. The van der Waals surface area contributed by atoms with Crippen LogP contribution in [0.4, 0.5) is 0 Å². The molecule has 0 aliphatic carbocycles. The van der Waals surface area contributed by atoms with Crippen LogP contribution in [-0.4, -0.2) is 50.2 Å². The highest BCUT2D eigenvalue weighted by atomic mass is 16.5. The first kappa shape index (κ1) is 17.2. The SMILES string of the molecule is Cc1cc(C2CCOCC2)oc(=O)c1C(=O)NCCN1CCCC1. The molecule has 0 radical (unpaired) electrons. The van der Waals surface area contributed by atoms with Crippen molar-refractivity contribution < 1.29 is 13.9 Å². The lowest BCUT2D eigenvalue weighted by Crippen LogP contribution is -2.36. The van der Waals surface area contributed by atoms with Gasteiger partial charge in [-0.1, -0.05) is 0 Å². The fourth-order valence-corrected chi connectivity index (χ4v) is 3.51. The summed E-state index contributed by atoms with van der Waals surface area (Å²) in [6.45, 7) is 6.75. The third-order valence-corrected chi connectivity index (χ3v) is 4.93. The van der Waals surface area contributed by atoms with Gasteiger partial charge in [0.1, 0.15) is 11.3 Å². The van der Waals surface area contributed by atoms with Crippen LogP contribution < -0.4 is 10.9 Å². The van der Waals surface area contributed by atoms with Crippen LogP contribution in [0.1, 0.15) is 53.3 Å². The number of aryl methyl sites for hydroxylation is 1. The Labute approximate surface area is 142 Å². The summed E-state index contributed by atoms with van der Waals surface area (Å²) < 4.78 is 10.8. The zero-order chi connectivity index (χ0) is 16.9. The molecule has 3 rings (SSSR count). The van der Waals surface area contributed by atoms with Crippen molar-refractivity contribution >= 4 is 5.91 Å². The Morgan fingerprint density at radius 2 is 2.00 bits per heavy atom. The van der Waals surface area contributed by atoms with Crippen molar-refractivity contribution in [3.05, 3.63) is 33.4 Å². The first-order valence-electron chi connectivity index (χ1n) is 8.88. The van der Waals surface area contributed by atoms with E-state index in [4.69, 9.17) is 9.15 Å². The number of nitrogens with zero attached hydrogens (tertiary/aromatic N) is 1. The third kappa shape index (κ3) is 4.05. The third-order valence-electron chi connectivity index (χ3n) is 4.93. The maximum atomic E-state index is 12.3. The molecule has 0 bridgehead atoms. The summed E-state index contributed by atoms with van der Waals surface area (Å²) in [5.74, 6) is 0.547. The average Bonchev–Trinajstić information content (AvgIpc) is 3.08. The molecular formula is C18H26N2O4. The predicted octanol–water partition coefficient (Wildman–Crippen LogP) is 1.67. The average molecular weight is 334 g/mol. The molecule has 24 heavy (non-hydrogen) atoms. The molecule has 6 nitrogen and oxygen atoms in total. The zero-order valence-electron chi connectivity index (χ0n) is 14.3. The lowest BCUT2D eigenvalue weighted by molar-refractivity contribution is 0.0795. The summed E-state index contributed by atoms with van der Waals surface area (Å²) in [6, 6.07) is 1.84. The Kier molecular flexibility index (Phi) is 5.68. The van der Waals surface area contributed by atoms with Gasteiger partial charge in [0.25, 0.3) is 5.91 Å². The summed E-state index contributed by atoms with van der Waals surface area (Å²) in [7, 11) is 0. The van der Waals surface area contributed by atoms with Gasteiger partial charge in [0.05, 0.1) is 0 Å². The first-order valence-corrected chi connectivity index (χ1v) is 8.88. The second-order valence-corrected chi connectivity index (χ2v) is 6.69. The standard InChI is InChI=1S/C18H26N2O4/c1-13-12-15(14-4-10-23-11-5-14)24-18(22)16(13)17(21)19-6-9-20-7-2-3-8-20/h12,14H,2-11H2,1H3,(H,19,21). The Bertz CT molecular complexity index is 628. The van der Waals surface area contributed by atoms with Gasteiger partial charge in [-0.25, -0.2) is 4.79 Å². The van der Waals surface area contributed by atoms with E-state index < -0.39 is 5.63 Å². The van der Waals surface area contributed by atoms with Crippen LogP contribution in [0.15, 0.2) is 15.3 Å². The largest absolute Gasteiger partial charge is 0.427 e. The van der Waals surface area contributed by atoms with Crippen LogP contribution in [0.25, 0.3) is 0 Å². The van der Waals surface area contributed by atoms with Gasteiger partial charge in [-0.05, 0) is 57.3 Å². The number of carbonyl (C=O) groups excluding carboxylic acids is 1. The zero-order valence-corrected chi connectivity index (χ0v) is 14.3. The first-order chi connectivity index (χ1) is 11.6. The van der Waals surface area contributed by atoms with E-state index in [0.29, 0.717) is 31.1 Å². The minimum Gasteiger partial charge on any atom is -0.427 e. The molecule has 2 aliphatic rings. The Morgan fingerprint density at radius 1 is 1.29 bits per heavy atom. The predicted molar refractivity (Wildman–Crippen MR) is 90.5 cm³/mol. The molecule has 2 aliphatic heterocycles. The Balaban J connectivity index is 1.63. The van der Waals surface area contributed by atoms with Crippen molar-refractivity contribution in [2.24, 2.45) is 0 Å². The van der Waals surface area contributed by atoms with Crippen LogP contribution in [0.2, 0.25) is 0 Å². The van der Waals surface area contributed by atoms with E-state index in [0.717, 1.165) is 32.5 Å². The van der Waals surface area contributed by atoms with Gasteiger partial charge in [-0.2, -0.15) is 0 Å². The van der Waals surface area contributed by atoms with Crippen LogP contribution in [0, 0.1) is 6.92 Å². The van der Waals surface area contributed by atoms with Crippen LogP contribution in [0.3, 0.4) is 0 Å². The van der Waals surface area contributed by atoms with Crippen LogP contribution >= 0.6 is 0 Å². The molecule has 1 N–H and O–H groups in total. The van der Waals surface area contributed by atoms with E-state index in [-0.39, 0.29) is 17.4 Å². The summed E-state index contributed by atoms with van der Waals surface area (Å²) in [5, 5.41) is 2.85. The second-order valence-electron chi connectivity index (χ2n) is 6.69. The number of hydrogen-bond acceptors (Lipinski definition) is 5. The molecule has 0 aromatic carbocycles. The van der Waals surface area contributed by atoms with Gasteiger partial charge in [0.15, 0.2) is 0 Å². The normalized spacial score (nSPS) is 19.5. The molecular weight excluding hydrogens is 308 g/mol. The minimum atomic E-state index is -0.532. The van der Waals surface area contributed by atoms with Gasteiger partial charge < -0.3 is 19.4 Å². The summed E-state index contributed by atoms with van der Waals surface area (Å²) in [4.78, 5) is 27.0. The molecule has 132 valence electrons. The molecule has 0 spiro atoms. The molecule has 0 unspecified atom stereocenters. The van der Waals surface area contributed by atoms with Gasteiger partial charge in [0.2, 0.25) is 0 Å². The molecule has 1 amide bonds. The lowest BCUT2D eigenvalue weighted by Gasteiger charge is -2.21. The van der Waals surface area contributed by atoms with Crippen molar-refractivity contribution in [2.75, 3.05) is 39.4 Å². The van der Waals surface area contributed by atoms with Crippen molar-refractivity contribution in [3.63, 3.8) is 0 Å². The van der Waals surface area contributed by atoms with Gasteiger partial charge in [0, 0.05) is 32.2 Å². The molecule has 1 aromatic heterocycles. The summed E-state index contributed by atoms with van der Waals surface area (Å²) in [6.07, 6.45) is 4.15. The van der Waals surface area contributed by atoms with Crippen molar-refractivity contribution in [1.82, 2.24) is 10.2 Å². The number of ether oxygens (including phenoxy) is 1. The second kappa shape index (κ2) is 7.94. The minimum absolute atomic E-state index is 0.132. The van der Waals surface area contributed by atoms with Crippen molar-refractivity contribution in [1.29, 1.82) is 0 Å². The highest BCUT2D eigenvalue weighted by Crippen LogP contribution is 2.27. The summed E-state index contributed by atoms with van der Waals surface area (Å²) >= 11 is 0. The maximum absolute atomic E-state index is 12.3. The van der Waals surface area contributed by atoms with Crippen LogP contribution in [-0.2, 0) is 4.74 Å². The number of likely N-dealkylation sites (tertiary alicyclic amines) is 1. The number of nitrogens with one attached hydrogen (secondary N) is 1. The monoisotopic (exact) mass is 334 g/mol. The highest BCUT2D eigenvalue weighted by molar-refractivity contribution is 5.95. The fraction of sp³-hybridized carbons (Fsp3) is 0.667. The Hall–Kier alpha value is -1.66. The molecule has 0 atom stereocenters. The van der Waals surface area contributed by atoms with E-state index in [1.54, 1.807) is 6.92 Å². The van der Waals surface area contributed by atoms with Gasteiger partial charge in [-0.15, -0.1) is 0 Å². The Morgan fingerprint density at radius 3 is 2.67 bits per heavy atom. The van der Waals surface area contributed by atoms with Crippen molar-refractivity contribution in [3.8, 4) is 0 Å². The number of rotatable bonds is 5. The molecule has 2 fully saturated rings.